The number of carbonyl (C=O) groups is 1. The third-order valence-electron chi connectivity index (χ3n) is 5.24. The van der Waals surface area contributed by atoms with Gasteiger partial charge in [0.2, 0.25) is 5.91 Å². The van der Waals surface area contributed by atoms with Gasteiger partial charge < -0.3 is 15.0 Å². The van der Waals surface area contributed by atoms with Crippen molar-refractivity contribution in [2.75, 3.05) is 57.0 Å². The molecule has 0 unspecified atom stereocenters. The highest BCUT2D eigenvalue weighted by Gasteiger charge is 2.16. The van der Waals surface area contributed by atoms with Crippen molar-refractivity contribution in [1.82, 2.24) is 10.2 Å². The molecule has 2 aromatic carbocycles. The van der Waals surface area contributed by atoms with Crippen molar-refractivity contribution in [3.8, 4) is 5.75 Å². The quantitative estimate of drug-likeness (QED) is 0.504. The van der Waals surface area contributed by atoms with Gasteiger partial charge in [0.25, 0.3) is 0 Å². The summed E-state index contributed by atoms with van der Waals surface area (Å²) in [4.78, 5) is 18.1. The van der Waals surface area contributed by atoms with Gasteiger partial charge in [0, 0.05) is 43.3 Å². The van der Waals surface area contributed by atoms with E-state index in [4.69, 9.17) is 4.74 Å². The third kappa shape index (κ3) is 6.68. The number of nitrogens with zero attached hydrogens (tertiary/aromatic N) is 2. The highest BCUT2D eigenvalue weighted by atomic mass is 32.2. The summed E-state index contributed by atoms with van der Waals surface area (Å²) in [6, 6.07) is 16.5. The Morgan fingerprint density at radius 2 is 1.79 bits per heavy atom. The predicted molar refractivity (Wildman–Crippen MR) is 121 cm³/mol. The summed E-state index contributed by atoms with van der Waals surface area (Å²) in [6.07, 6.45) is 0.989. The van der Waals surface area contributed by atoms with Gasteiger partial charge in [-0.25, -0.2) is 0 Å². The molecule has 1 aliphatic heterocycles. The zero-order chi connectivity index (χ0) is 20.5. The maximum Gasteiger partial charge on any atom is 0.230 e. The van der Waals surface area contributed by atoms with Crippen LogP contribution in [0.2, 0.25) is 0 Å². The van der Waals surface area contributed by atoms with E-state index >= 15 is 0 Å². The molecule has 1 saturated heterocycles. The van der Waals surface area contributed by atoms with E-state index < -0.39 is 0 Å². The van der Waals surface area contributed by atoms with Crippen LogP contribution in [-0.2, 0) is 4.79 Å². The Kier molecular flexibility index (Phi) is 8.25. The number of nitrogens with one attached hydrogen (secondary N) is 1. The molecule has 1 fully saturated rings. The van der Waals surface area contributed by atoms with Crippen molar-refractivity contribution in [2.45, 2.75) is 18.2 Å². The van der Waals surface area contributed by atoms with Gasteiger partial charge in [0.1, 0.15) is 5.75 Å². The summed E-state index contributed by atoms with van der Waals surface area (Å²) in [7, 11) is 1.69. The molecule has 5 nitrogen and oxygen atoms in total. The average molecular weight is 414 g/mol. The number of methoxy groups -OCH3 is 1. The van der Waals surface area contributed by atoms with Crippen LogP contribution in [0.5, 0.6) is 5.75 Å². The maximum absolute atomic E-state index is 12.1. The van der Waals surface area contributed by atoms with Gasteiger partial charge in [0.05, 0.1) is 12.9 Å². The Morgan fingerprint density at radius 3 is 2.48 bits per heavy atom. The zero-order valence-electron chi connectivity index (χ0n) is 17.4. The molecule has 1 amide bonds. The van der Waals surface area contributed by atoms with Crippen molar-refractivity contribution < 1.29 is 9.53 Å². The summed E-state index contributed by atoms with van der Waals surface area (Å²) in [5.74, 6) is 1.49. The molecule has 3 rings (SSSR count). The molecule has 0 atom stereocenters. The number of ether oxygens (including phenoxy) is 1. The molecule has 1 N–H and O–H groups in total. The lowest BCUT2D eigenvalue weighted by Gasteiger charge is -2.36. The molecule has 0 spiro atoms. The van der Waals surface area contributed by atoms with Crippen LogP contribution < -0.4 is 15.0 Å². The molecule has 0 bridgehead atoms. The van der Waals surface area contributed by atoms with Crippen LogP contribution in [-0.4, -0.2) is 62.9 Å². The van der Waals surface area contributed by atoms with E-state index in [2.05, 4.69) is 46.3 Å². The molecule has 1 heterocycles. The number of amides is 1. The van der Waals surface area contributed by atoms with E-state index in [1.807, 2.05) is 24.3 Å². The highest BCUT2D eigenvalue weighted by molar-refractivity contribution is 8.00. The molecule has 2 aromatic rings. The molecule has 6 heteroatoms. The first kappa shape index (κ1) is 21.5. The monoisotopic (exact) mass is 413 g/mol. The van der Waals surface area contributed by atoms with E-state index in [0.717, 1.165) is 51.4 Å². The van der Waals surface area contributed by atoms with Crippen LogP contribution in [0.25, 0.3) is 0 Å². The molecule has 0 aromatic heterocycles. The Balaban J connectivity index is 1.28. The smallest absolute Gasteiger partial charge is 0.230 e. The first-order valence-corrected chi connectivity index (χ1v) is 11.2. The summed E-state index contributed by atoms with van der Waals surface area (Å²) in [6.45, 7) is 8.03. The van der Waals surface area contributed by atoms with Crippen molar-refractivity contribution in [3.63, 3.8) is 0 Å². The second-order valence-corrected chi connectivity index (χ2v) is 8.30. The third-order valence-corrected chi connectivity index (χ3v) is 6.41. The predicted octanol–water partition coefficient (Wildman–Crippen LogP) is 3.42. The van der Waals surface area contributed by atoms with Crippen LogP contribution in [0.1, 0.15) is 12.0 Å². The highest BCUT2D eigenvalue weighted by Crippen LogP contribution is 2.22. The fourth-order valence-electron chi connectivity index (χ4n) is 3.47. The largest absolute Gasteiger partial charge is 0.497 e. The van der Waals surface area contributed by atoms with E-state index in [1.54, 1.807) is 18.9 Å². The number of carbonyl (C=O) groups excluding carboxylic acids is 1. The van der Waals surface area contributed by atoms with Gasteiger partial charge in [-0.2, -0.15) is 0 Å². The standard InChI is InChI=1S/C23H31N3O2S/c1-19-6-3-4-7-22(19)29-18-23(27)24-12-5-13-25-14-16-26(17-15-25)20-8-10-21(28-2)11-9-20/h3-4,6-11H,5,12-18H2,1-2H3,(H,24,27). The van der Waals surface area contributed by atoms with Gasteiger partial charge in [0.15, 0.2) is 0 Å². The lowest BCUT2D eigenvalue weighted by molar-refractivity contribution is -0.118. The number of benzene rings is 2. The van der Waals surface area contributed by atoms with Crippen molar-refractivity contribution in [1.29, 1.82) is 0 Å². The normalized spacial score (nSPS) is 14.6. The second kappa shape index (κ2) is 11.1. The summed E-state index contributed by atoms with van der Waals surface area (Å²) < 4.78 is 5.23. The van der Waals surface area contributed by atoms with Gasteiger partial charge in [-0.1, -0.05) is 18.2 Å². The van der Waals surface area contributed by atoms with E-state index in [9.17, 15) is 4.79 Å². The Hall–Kier alpha value is -2.18. The molecule has 29 heavy (non-hydrogen) atoms. The minimum Gasteiger partial charge on any atom is -0.497 e. The molecule has 0 aliphatic carbocycles. The number of anilines is 1. The van der Waals surface area contributed by atoms with Crippen LogP contribution in [0.4, 0.5) is 5.69 Å². The molecule has 1 aliphatic rings. The first-order valence-electron chi connectivity index (χ1n) is 10.2. The fourth-order valence-corrected chi connectivity index (χ4v) is 4.33. The number of hydrogen-bond acceptors (Lipinski definition) is 5. The average Bonchev–Trinajstić information content (AvgIpc) is 2.77. The topological polar surface area (TPSA) is 44.8 Å². The van der Waals surface area contributed by atoms with E-state index in [0.29, 0.717) is 5.75 Å². The second-order valence-electron chi connectivity index (χ2n) is 7.28. The molecule has 0 radical (unpaired) electrons. The minimum absolute atomic E-state index is 0.113. The van der Waals surface area contributed by atoms with Gasteiger partial charge in [-0.3, -0.25) is 9.69 Å². The number of hydrogen-bond donors (Lipinski definition) is 1. The Bertz CT molecular complexity index is 774. The van der Waals surface area contributed by atoms with E-state index in [1.165, 1.54) is 16.1 Å². The van der Waals surface area contributed by atoms with Gasteiger partial charge in [-0.05, 0) is 55.8 Å². The Morgan fingerprint density at radius 1 is 1.07 bits per heavy atom. The lowest BCUT2D eigenvalue weighted by Crippen LogP contribution is -2.47. The molecule has 156 valence electrons. The first-order chi connectivity index (χ1) is 14.2. The lowest BCUT2D eigenvalue weighted by atomic mass is 10.2. The summed E-state index contributed by atoms with van der Waals surface area (Å²) >= 11 is 1.61. The maximum atomic E-state index is 12.1. The van der Waals surface area contributed by atoms with Crippen LogP contribution in [0.3, 0.4) is 0 Å². The van der Waals surface area contributed by atoms with Gasteiger partial charge in [-0.15, -0.1) is 11.8 Å². The van der Waals surface area contributed by atoms with Crippen LogP contribution in [0, 0.1) is 6.92 Å². The molecule has 0 saturated carbocycles. The number of aryl methyl sites for hydroxylation is 1. The number of rotatable bonds is 9. The van der Waals surface area contributed by atoms with E-state index in [-0.39, 0.29) is 5.91 Å². The fraction of sp³-hybridized carbons (Fsp3) is 0.435. The summed E-state index contributed by atoms with van der Waals surface area (Å²) in [5.41, 5.74) is 2.47. The Labute approximate surface area is 178 Å². The van der Waals surface area contributed by atoms with Crippen molar-refractivity contribution in [3.05, 3.63) is 54.1 Å². The van der Waals surface area contributed by atoms with Crippen LogP contribution >= 0.6 is 11.8 Å². The summed E-state index contributed by atoms with van der Waals surface area (Å²) in [5, 5.41) is 3.05. The minimum atomic E-state index is 0.113. The van der Waals surface area contributed by atoms with Crippen LogP contribution in [0.15, 0.2) is 53.4 Å². The number of thioether (sulfide) groups is 1. The number of piperazine rings is 1. The van der Waals surface area contributed by atoms with Crippen molar-refractivity contribution in [2.24, 2.45) is 0 Å². The zero-order valence-corrected chi connectivity index (χ0v) is 18.2. The van der Waals surface area contributed by atoms with Gasteiger partial charge >= 0.3 is 0 Å². The molecular weight excluding hydrogens is 382 g/mol. The molecular formula is C23H31N3O2S. The van der Waals surface area contributed by atoms with Crippen molar-refractivity contribution >= 4 is 23.4 Å². The SMILES string of the molecule is COc1ccc(N2CCN(CCCNC(=O)CSc3ccccc3C)CC2)cc1.